The Hall–Kier alpha value is -2.74. The lowest BCUT2D eigenvalue weighted by Crippen LogP contribution is -2.52. The molecule has 0 saturated heterocycles. The van der Waals surface area contributed by atoms with Gasteiger partial charge < -0.3 is 21.3 Å². The number of hydrogen-bond donors (Lipinski definition) is 4. The zero-order valence-corrected chi connectivity index (χ0v) is 17.4. The van der Waals surface area contributed by atoms with Gasteiger partial charge in [0.1, 0.15) is 0 Å². The summed E-state index contributed by atoms with van der Waals surface area (Å²) in [5.74, 6) is -0.341. The van der Waals surface area contributed by atoms with Crippen LogP contribution >= 0.6 is 11.3 Å². The van der Waals surface area contributed by atoms with Crippen LogP contribution in [-0.4, -0.2) is 39.5 Å². The highest BCUT2D eigenvalue weighted by atomic mass is 32.1. The molecule has 158 valence electrons. The second-order valence-corrected chi connectivity index (χ2v) is 8.40. The van der Waals surface area contributed by atoms with Crippen LogP contribution in [0.2, 0.25) is 0 Å². The highest BCUT2D eigenvalue weighted by Crippen LogP contribution is 2.24. The summed E-state index contributed by atoms with van der Waals surface area (Å²) in [4.78, 5) is 16.6. The molecule has 3 rings (SSSR count). The van der Waals surface area contributed by atoms with Crippen molar-refractivity contribution in [2.45, 2.75) is 37.5 Å². The molecule has 1 amide bonds. The minimum Gasteiger partial charge on any atom is -0.465 e. The number of aliphatic hydroxyl groups excluding tert-OH is 1. The first-order chi connectivity index (χ1) is 14.5. The third-order valence-electron chi connectivity index (χ3n) is 5.24. The quantitative estimate of drug-likeness (QED) is 0.399. The Kier molecular flexibility index (Phi) is 7.96. The SMILES string of the molecule is N[C@@H](Cc1ccccc1)C(Cc1cncs1)[C@H](O)[C@H](Cc1ccccc1)NC(=O)O. The second kappa shape index (κ2) is 10.9. The number of carboxylic acid groups (broad SMARTS) is 1. The fourth-order valence-electron chi connectivity index (χ4n) is 3.72. The zero-order valence-electron chi connectivity index (χ0n) is 16.6. The Balaban J connectivity index is 1.83. The number of thiazole rings is 1. The Morgan fingerprint density at radius 2 is 1.60 bits per heavy atom. The van der Waals surface area contributed by atoms with Crippen LogP contribution in [0.3, 0.4) is 0 Å². The van der Waals surface area contributed by atoms with Crippen LogP contribution in [0.15, 0.2) is 72.4 Å². The third kappa shape index (κ3) is 6.38. The van der Waals surface area contributed by atoms with E-state index in [1.807, 2.05) is 60.7 Å². The van der Waals surface area contributed by atoms with E-state index in [4.69, 9.17) is 5.73 Å². The number of amides is 1. The van der Waals surface area contributed by atoms with Gasteiger partial charge in [0, 0.05) is 23.0 Å². The van der Waals surface area contributed by atoms with Gasteiger partial charge in [0.2, 0.25) is 0 Å². The minimum atomic E-state index is -1.16. The number of hydrogen-bond acceptors (Lipinski definition) is 5. The van der Waals surface area contributed by atoms with Gasteiger partial charge in [-0.15, -0.1) is 11.3 Å². The van der Waals surface area contributed by atoms with Gasteiger partial charge in [0.15, 0.2) is 0 Å². The van der Waals surface area contributed by atoms with E-state index in [1.165, 1.54) is 11.3 Å². The van der Waals surface area contributed by atoms with Gasteiger partial charge in [-0.3, -0.25) is 4.98 Å². The monoisotopic (exact) mass is 425 g/mol. The molecule has 6 nitrogen and oxygen atoms in total. The summed E-state index contributed by atoms with van der Waals surface area (Å²) in [6.07, 6.45) is 1.16. The van der Waals surface area contributed by atoms with Crippen LogP contribution in [0, 0.1) is 5.92 Å². The average Bonchev–Trinajstić information content (AvgIpc) is 3.25. The molecule has 7 heteroatoms. The van der Waals surface area contributed by atoms with Crippen LogP contribution < -0.4 is 11.1 Å². The highest BCUT2D eigenvalue weighted by molar-refractivity contribution is 7.09. The van der Waals surface area contributed by atoms with E-state index in [1.54, 1.807) is 11.7 Å². The lowest BCUT2D eigenvalue weighted by molar-refractivity contribution is 0.0554. The first kappa shape index (κ1) is 22.0. The van der Waals surface area contributed by atoms with Crippen LogP contribution in [0.25, 0.3) is 0 Å². The first-order valence-corrected chi connectivity index (χ1v) is 10.8. The van der Waals surface area contributed by atoms with E-state index in [0.717, 1.165) is 16.0 Å². The van der Waals surface area contributed by atoms with E-state index in [9.17, 15) is 15.0 Å². The lowest BCUT2D eigenvalue weighted by Gasteiger charge is -2.33. The molecule has 0 bridgehead atoms. The van der Waals surface area contributed by atoms with E-state index in [-0.39, 0.29) is 12.0 Å². The van der Waals surface area contributed by atoms with Crippen molar-refractivity contribution in [2.24, 2.45) is 11.7 Å². The maximum atomic E-state index is 11.4. The average molecular weight is 426 g/mol. The van der Waals surface area contributed by atoms with Crippen LogP contribution in [-0.2, 0) is 19.3 Å². The summed E-state index contributed by atoms with van der Waals surface area (Å²) in [5, 5.41) is 23.2. The fraction of sp³-hybridized carbons (Fsp3) is 0.304. The van der Waals surface area contributed by atoms with Crippen LogP contribution in [0.1, 0.15) is 16.0 Å². The zero-order chi connectivity index (χ0) is 21.3. The number of rotatable bonds is 10. The molecule has 1 aromatic heterocycles. The largest absolute Gasteiger partial charge is 0.465 e. The van der Waals surface area contributed by atoms with E-state index >= 15 is 0 Å². The normalized spacial score (nSPS) is 15.1. The molecule has 0 aliphatic heterocycles. The van der Waals surface area contributed by atoms with E-state index in [0.29, 0.717) is 19.3 Å². The van der Waals surface area contributed by atoms with Crippen molar-refractivity contribution in [1.29, 1.82) is 0 Å². The van der Waals surface area contributed by atoms with Gasteiger partial charge in [-0.05, 0) is 30.4 Å². The summed E-state index contributed by atoms with van der Waals surface area (Å²) >= 11 is 1.51. The minimum absolute atomic E-state index is 0.341. The molecule has 0 aliphatic carbocycles. The molecule has 1 heterocycles. The number of benzene rings is 2. The summed E-state index contributed by atoms with van der Waals surface area (Å²) in [6, 6.07) is 18.4. The molecular weight excluding hydrogens is 398 g/mol. The van der Waals surface area contributed by atoms with Crippen molar-refractivity contribution in [1.82, 2.24) is 10.3 Å². The Labute approximate surface area is 180 Å². The number of nitrogens with two attached hydrogens (primary N) is 1. The van der Waals surface area contributed by atoms with Crippen molar-refractivity contribution in [3.63, 3.8) is 0 Å². The molecule has 1 unspecified atom stereocenters. The predicted molar refractivity (Wildman–Crippen MR) is 119 cm³/mol. The summed E-state index contributed by atoms with van der Waals surface area (Å²) < 4.78 is 0. The number of aromatic nitrogens is 1. The molecule has 2 aromatic carbocycles. The van der Waals surface area contributed by atoms with E-state index < -0.39 is 18.2 Å². The smallest absolute Gasteiger partial charge is 0.404 e. The molecule has 30 heavy (non-hydrogen) atoms. The topological polar surface area (TPSA) is 108 Å². The fourth-order valence-corrected chi connectivity index (χ4v) is 4.39. The highest BCUT2D eigenvalue weighted by Gasteiger charge is 2.33. The van der Waals surface area contributed by atoms with Crippen molar-refractivity contribution < 1.29 is 15.0 Å². The predicted octanol–water partition coefficient (Wildman–Crippen LogP) is 3.11. The molecule has 0 saturated carbocycles. The van der Waals surface area contributed by atoms with Gasteiger partial charge in [-0.25, -0.2) is 4.79 Å². The summed E-state index contributed by atoms with van der Waals surface area (Å²) in [7, 11) is 0. The van der Waals surface area contributed by atoms with Crippen molar-refractivity contribution in [3.8, 4) is 0 Å². The molecule has 5 N–H and O–H groups in total. The van der Waals surface area contributed by atoms with Gasteiger partial charge in [-0.1, -0.05) is 60.7 Å². The van der Waals surface area contributed by atoms with Crippen LogP contribution in [0.4, 0.5) is 4.79 Å². The third-order valence-corrected chi connectivity index (χ3v) is 6.04. The van der Waals surface area contributed by atoms with Gasteiger partial charge in [0.05, 0.1) is 17.7 Å². The van der Waals surface area contributed by atoms with Crippen LogP contribution in [0.5, 0.6) is 0 Å². The lowest BCUT2D eigenvalue weighted by atomic mass is 9.82. The molecular formula is C23H27N3O3S. The molecule has 0 radical (unpaired) electrons. The molecule has 4 atom stereocenters. The maximum Gasteiger partial charge on any atom is 0.404 e. The van der Waals surface area contributed by atoms with Gasteiger partial charge in [-0.2, -0.15) is 0 Å². The van der Waals surface area contributed by atoms with Gasteiger partial charge in [0.25, 0.3) is 0 Å². The Morgan fingerprint density at radius 1 is 1.00 bits per heavy atom. The van der Waals surface area contributed by atoms with Crippen molar-refractivity contribution >= 4 is 17.4 Å². The Bertz CT molecular complexity index is 891. The number of nitrogens with zero attached hydrogens (tertiary/aromatic N) is 1. The van der Waals surface area contributed by atoms with E-state index in [2.05, 4.69) is 10.3 Å². The standard InChI is InChI=1S/C23H27N3O3S/c24-20(11-16-7-3-1-4-8-16)19(13-18-14-25-15-30-18)22(27)21(26-23(28)29)12-17-9-5-2-6-10-17/h1-10,14-15,19-22,26-27H,11-13,24H2,(H,28,29)/t19?,20-,21-,22-/m0/s1. The molecule has 0 aliphatic rings. The molecule has 0 spiro atoms. The van der Waals surface area contributed by atoms with Crippen molar-refractivity contribution in [2.75, 3.05) is 0 Å². The number of aliphatic hydroxyl groups is 1. The second-order valence-electron chi connectivity index (χ2n) is 7.43. The molecule has 0 fully saturated rings. The number of carbonyl (C=O) groups is 1. The maximum absolute atomic E-state index is 11.4. The van der Waals surface area contributed by atoms with Crippen molar-refractivity contribution in [3.05, 3.63) is 88.4 Å². The van der Waals surface area contributed by atoms with Gasteiger partial charge >= 0.3 is 6.09 Å². The molecule has 3 aromatic rings. The number of nitrogens with one attached hydrogen (secondary N) is 1. The summed E-state index contributed by atoms with van der Waals surface area (Å²) in [6.45, 7) is 0. The first-order valence-electron chi connectivity index (χ1n) is 9.91. The Morgan fingerprint density at radius 3 is 2.13 bits per heavy atom. The summed E-state index contributed by atoms with van der Waals surface area (Å²) in [5.41, 5.74) is 10.4.